The van der Waals surface area contributed by atoms with Crippen LogP contribution in [0.1, 0.15) is 27.5 Å². The van der Waals surface area contributed by atoms with Crippen LogP contribution >= 0.6 is 11.3 Å². The van der Waals surface area contributed by atoms with E-state index in [1.165, 1.54) is 11.3 Å². The zero-order chi connectivity index (χ0) is 10.4. The Kier molecular flexibility index (Phi) is 4.55. The molecule has 1 heterocycles. The first-order valence-electron chi connectivity index (χ1n) is 4.64. The van der Waals surface area contributed by atoms with Crippen molar-refractivity contribution in [2.45, 2.75) is 19.8 Å². The predicted molar refractivity (Wildman–Crippen MR) is 57.5 cm³/mol. The molecule has 0 fully saturated rings. The Morgan fingerprint density at radius 2 is 2.43 bits per heavy atom. The topological polar surface area (TPSA) is 68.0 Å². The molecule has 0 spiro atoms. The van der Waals surface area contributed by atoms with Crippen LogP contribution in [0.4, 0.5) is 0 Å². The lowest BCUT2D eigenvalue weighted by molar-refractivity contribution is 0.0957. The van der Waals surface area contributed by atoms with Gasteiger partial charge in [0.25, 0.3) is 5.91 Å². The van der Waals surface area contributed by atoms with Crippen molar-refractivity contribution in [2.24, 2.45) is 5.73 Å². The standard InChI is InChI=1S/C9H15N3OS/c1-7-12-6-8(14-7)9(13)11-5-3-2-4-10/h6H,2-5,10H2,1H3,(H,11,13). The van der Waals surface area contributed by atoms with Crippen LogP contribution in [0.25, 0.3) is 0 Å². The fraction of sp³-hybridized carbons (Fsp3) is 0.556. The lowest BCUT2D eigenvalue weighted by atomic mass is 10.3. The summed E-state index contributed by atoms with van der Waals surface area (Å²) >= 11 is 1.41. The van der Waals surface area contributed by atoms with Crippen molar-refractivity contribution in [3.8, 4) is 0 Å². The van der Waals surface area contributed by atoms with Gasteiger partial charge in [-0.1, -0.05) is 0 Å². The van der Waals surface area contributed by atoms with E-state index in [-0.39, 0.29) is 5.91 Å². The third-order valence-electron chi connectivity index (χ3n) is 1.76. The van der Waals surface area contributed by atoms with Gasteiger partial charge < -0.3 is 11.1 Å². The molecular formula is C9H15N3OS. The van der Waals surface area contributed by atoms with Gasteiger partial charge in [0.1, 0.15) is 4.88 Å². The number of unbranched alkanes of at least 4 members (excludes halogenated alkanes) is 1. The van der Waals surface area contributed by atoms with Crippen molar-refractivity contribution in [3.63, 3.8) is 0 Å². The van der Waals surface area contributed by atoms with Crippen LogP contribution in [0.3, 0.4) is 0 Å². The molecule has 0 saturated heterocycles. The van der Waals surface area contributed by atoms with E-state index in [0.717, 1.165) is 17.8 Å². The highest BCUT2D eigenvalue weighted by Crippen LogP contribution is 2.10. The minimum absolute atomic E-state index is 0.0346. The summed E-state index contributed by atoms with van der Waals surface area (Å²) in [7, 11) is 0. The van der Waals surface area contributed by atoms with Crippen molar-refractivity contribution < 1.29 is 4.79 Å². The van der Waals surface area contributed by atoms with E-state index in [1.54, 1.807) is 6.20 Å². The van der Waals surface area contributed by atoms with Gasteiger partial charge in [0.05, 0.1) is 11.2 Å². The van der Waals surface area contributed by atoms with E-state index in [2.05, 4.69) is 10.3 Å². The van der Waals surface area contributed by atoms with Gasteiger partial charge >= 0.3 is 0 Å². The number of rotatable bonds is 5. The smallest absolute Gasteiger partial charge is 0.263 e. The van der Waals surface area contributed by atoms with Gasteiger partial charge in [-0.15, -0.1) is 11.3 Å². The largest absolute Gasteiger partial charge is 0.351 e. The maximum atomic E-state index is 11.4. The molecular weight excluding hydrogens is 198 g/mol. The summed E-state index contributed by atoms with van der Waals surface area (Å²) in [5.41, 5.74) is 5.34. The highest BCUT2D eigenvalue weighted by molar-refractivity contribution is 7.13. The molecule has 0 radical (unpaired) electrons. The van der Waals surface area contributed by atoms with E-state index < -0.39 is 0 Å². The SMILES string of the molecule is Cc1ncc(C(=O)NCCCCN)s1. The molecule has 1 rings (SSSR count). The lowest BCUT2D eigenvalue weighted by Gasteiger charge is -2.01. The number of nitrogens with one attached hydrogen (secondary N) is 1. The molecule has 0 aliphatic rings. The summed E-state index contributed by atoms with van der Waals surface area (Å²) in [5, 5.41) is 3.74. The quantitative estimate of drug-likeness (QED) is 0.715. The highest BCUT2D eigenvalue weighted by atomic mass is 32.1. The second-order valence-electron chi connectivity index (χ2n) is 3.00. The molecule has 0 saturated carbocycles. The molecule has 5 heteroatoms. The first-order chi connectivity index (χ1) is 6.74. The molecule has 14 heavy (non-hydrogen) atoms. The molecule has 3 N–H and O–H groups in total. The van der Waals surface area contributed by atoms with Crippen molar-refractivity contribution in [3.05, 3.63) is 16.1 Å². The number of nitrogens with zero attached hydrogens (tertiary/aromatic N) is 1. The molecule has 0 unspecified atom stereocenters. The molecule has 0 bridgehead atoms. The van der Waals surface area contributed by atoms with Crippen LogP contribution in [-0.2, 0) is 0 Å². The number of aryl methyl sites for hydroxylation is 1. The predicted octanol–water partition coefficient (Wildman–Crippen LogP) is 0.920. The van der Waals surface area contributed by atoms with Gasteiger partial charge in [-0.25, -0.2) is 4.98 Å². The van der Waals surface area contributed by atoms with Gasteiger partial charge in [0, 0.05) is 6.54 Å². The van der Waals surface area contributed by atoms with Crippen molar-refractivity contribution >= 4 is 17.2 Å². The van der Waals surface area contributed by atoms with Gasteiger partial charge in [-0.3, -0.25) is 4.79 Å². The number of hydrogen-bond acceptors (Lipinski definition) is 4. The molecule has 1 aromatic heterocycles. The summed E-state index contributed by atoms with van der Waals surface area (Å²) < 4.78 is 0. The maximum absolute atomic E-state index is 11.4. The third-order valence-corrected chi connectivity index (χ3v) is 2.67. The Bertz CT molecular complexity index is 298. The van der Waals surface area contributed by atoms with Gasteiger partial charge in [0.15, 0.2) is 0 Å². The first-order valence-corrected chi connectivity index (χ1v) is 5.46. The van der Waals surface area contributed by atoms with Crippen molar-refractivity contribution in [2.75, 3.05) is 13.1 Å². The van der Waals surface area contributed by atoms with E-state index in [4.69, 9.17) is 5.73 Å². The molecule has 1 amide bonds. The van der Waals surface area contributed by atoms with Crippen molar-refractivity contribution in [1.82, 2.24) is 10.3 Å². The average molecular weight is 213 g/mol. The summed E-state index contributed by atoms with van der Waals surface area (Å²) in [6.45, 7) is 3.25. The Labute approximate surface area is 87.5 Å². The maximum Gasteiger partial charge on any atom is 0.263 e. The summed E-state index contributed by atoms with van der Waals surface area (Å²) in [4.78, 5) is 16.1. The van der Waals surface area contributed by atoms with Gasteiger partial charge in [0.2, 0.25) is 0 Å². The van der Waals surface area contributed by atoms with Crippen LogP contribution in [0.2, 0.25) is 0 Å². The molecule has 0 aliphatic heterocycles. The fourth-order valence-electron chi connectivity index (χ4n) is 1.02. The van der Waals surface area contributed by atoms with Gasteiger partial charge in [-0.2, -0.15) is 0 Å². The Balaban J connectivity index is 2.29. The molecule has 4 nitrogen and oxygen atoms in total. The van der Waals surface area contributed by atoms with E-state index >= 15 is 0 Å². The van der Waals surface area contributed by atoms with Crippen LogP contribution in [0.15, 0.2) is 6.20 Å². The second kappa shape index (κ2) is 5.72. The van der Waals surface area contributed by atoms with Gasteiger partial charge in [-0.05, 0) is 26.3 Å². The normalized spacial score (nSPS) is 10.1. The second-order valence-corrected chi connectivity index (χ2v) is 4.23. The Morgan fingerprint density at radius 3 is 3.00 bits per heavy atom. The molecule has 1 aromatic rings. The number of carbonyl (C=O) groups is 1. The zero-order valence-corrected chi connectivity index (χ0v) is 9.06. The minimum Gasteiger partial charge on any atom is -0.351 e. The Morgan fingerprint density at radius 1 is 1.64 bits per heavy atom. The first kappa shape index (κ1) is 11.1. The summed E-state index contributed by atoms with van der Waals surface area (Å²) in [6, 6.07) is 0. The number of hydrogen-bond donors (Lipinski definition) is 2. The van der Waals surface area contributed by atoms with E-state index in [1.807, 2.05) is 6.92 Å². The number of nitrogens with two attached hydrogens (primary N) is 1. The number of aromatic nitrogens is 1. The highest BCUT2D eigenvalue weighted by Gasteiger charge is 2.07. The molecule has 0 aromatic carbocycles. The summed E-state index contributed by atoms with van der Waals surface area (Å²) in [6.07, 6.45) is 3.49. The van der Waals surface area contributed by atoms with Crippen LogP contribution < -0.4 is 11.1 Å². The monoisotopic (exact) mass is 213 g/mol. The molecule has 0 atom stereocenters. The van der Waals surface area contributed by atoms with Crippen LogP contribution in [0, 0.1) is 6.92 Å². The molecule has 0 aliphatic carbocycles. The number of carbonyl (C=O) groups excluding carboxylic acids is 1. The fourth-order valence-corrected chi connectivity index (χ4v) is 1.72. The number of thiazole rings is 1. The van der Waals surface area contributed by atoms with Crippen molar-refractivity contribution in [1.29, 1.82) is 0 Å². The minimum atomic E-state index is -0.0346. The van der Waals surface area contributed by atoms with E-state index in [0.29, 0.717) is 18.0 Å². The lowest BCUT2D eigenvalue weighted by Crippen LogP contribution is -2.23. The zero-order valence-electron chi connectivity index (χ0n) is 8.25. The number of amides is 1. The average Bonchev–Trinajstić information content (AvgIpc) is 2.59. The van der Waals surface area contributed by atoms with E-state index in [9.17, 15) is 4.79 Å². The van der Waals surface area contributed by atoms with Crippen LogP contribution in [0.5, 0.6) is 0 Å². The Hall–Kier alpha value is -0.940. The third kappa shape index (κ3) is 3.43. The summed E-state index contributed by atoms with van der Waals surface area (Å²) in [5.74, 6) is -0.0346. The molecule has 78 valence electrons. The van der Waals surface area contributed by atoms with Crippen LogP contribution in [-0.4, -0.2) is 24.0 Å².